The van der Waals surface area contributed by atoms with E-state index >= 15 is 0 Å². The maximum Gasteiger partial charge on any atom is 0.345 e. The van der Waals surface area contributed by atoms with Crippen LogP contribution in [0, 0.1) is 0 Å². The molecule has 6 heteroatoms. The van der Waals surface area contributed by atoms with Crippen molar-refractivity contribution in [1.82, 2.24) is 0 Å². The Morgan fingerprint density at radius 2 is 2.32 bits per heavy atom. The molecule has 1 heterocycles. The van der Waals surface area contributed by atoms with Crippen molar-refractivity contribution in [1.29, 1.82) is 0 Å². The lowest BCUT2D eigenvalue weighted by Gasteiger charge is -2.12. The third kappa shape index (κ3) is 3.36. The molecule has 0 bridgehead atoms. The Hall–Kier alpha value is -1.79. The first-order chi connectivity index (χ1) is 9.10. The highest BCUT2D eigenvalue weighted by atomic mass is 16.5. The molecule has 0 radical (unpaired) electrons. The molecule has 2 unspecified atom stereocenters. The number of aliphatic carboxylic acids is 1. The Morgan fingerprint density at radius 1 is 1.53 bits per heavy atom. The van der Waals surface area contributed by atoms with Gasteiger partial charge in [-0.2, -0.15) is 0 Å². The number of carbonyl (C=O) groups is 1. The zero-order chi connectivity index (χ0) is 13.8. The van der Waals surface area contributed by atoms with Crippen LogP contribution in [0.25, 0.3) is 0 Å². The van der Waals surface area contributed by atoms with Gasteiger partial charge in [0.1, 0.15) is 24.2 Å². The smallest absolute Gasteiger partial charge is 0.345 e. The van der Waals surface area contributed by atoms with Gasteiger partial charge in [0, 0.05) is 19.6 Å². The van der Waals surface area contributed by atoms with Crippen LogP contribution in [0.3, 0.4) is 0 Å². The minimum Gasteiger partial charge on any atom is -0.491 e. The Bertz CT molecular complexity index is 458. The molecule has 0 fully saturated rings. The minimum atomic E-state index is -0.978. The van der Waals surface area contributed by atoms with E-state index in [1.54, 1.807) is 18.2 Å². The van der Waals surface area contributed by atoms with Gasteiger partial charge in [-0.3, -0.25) is 0 Å². The van der Waals surface area contributed by atoms with Crippen LogP contribution in [0.2, 0.25) is 0 Å². The molecule has 2 atom stereocenters. The predicted octanol–water partition coefficient (Wildman–Crippen LogP) is 0.461. The standard InChI is InChI=1S/C13H16O6/c1-17-6-9(14)7-18-10-3-2-8-4-12(13(15)16)19-11(8)5-10/h2-3,5,9,12,14H,4,6-7H2,1H3,(H,15,16). The summed E-state index contributed by atoms with van der Waals surface area (Å²) < 4.78 is 15.5. The molecule has 0 aliphatic carbocycles. The largest absolute Gasteiger partial charge is 0.491 e. The molecule has 1 aliphatic heterocycles. The average Bonchev–Trinajstić information content (AvgIpc) is 2.80. The summed E-state index contributed by atoms with van der Waals surface area (Å²) in [5, 5.41) is 18.3. The molecule has 1 aliphatic rings. The average molecular weight is 268 g/mol. The van der Waals surface area contributed by atoms with Crippen molar-refractivity contribution < 1.29 is 29.2 Å². The van der Waals surface area contributed by atoms with Crippen LogP contribution in [0.1, 0.15) is 5.56 Å². The van der Waals surface area contributed by atoms with E-state index in [1.807, 2.05) is 0 Å². The predicted molar refractivity (Wildman–Crippen MR) is 65.6 cm³/mol. The lowest BCUT2D eigenvalue weighted by Crippen LogP contribution is -2.24. The summed E-state index contributed by atoms with van der Waals surface area (Å²) in [6.07, 6.45) is -1.17. The molecule has 0 aromatic heterocycles. The van der Waals surface area contributed by atoms with Crippen LogP contribution in [0.5, 0.6) is 11.5 Å². The molecular formula is C13H16O6. The third-order valence-electron chi connectivity index (χ3n) is 2.79. The molecule has 0 saturated carbocycles. The maximum atomic E-state index is 10.8. The molecule has 0 amide bonds. The molecule has 0 saturated heterocycles. The van der Waals surface area contributed by atoms with E-state index in [4.69, 9.17) is 19.3 Å². The van der Waals surface area contributed by atoms with E-state index in [1.165, 1.54) is 7.11 Å². The van der Waals surface area contributed by atoms with Crippen LogP contribution in [0.4, 0.5) is 0 Å². The molecular weight excluding hydrogens is 252 g/mol. The number of rotatable bonds is 6. The SMILES string of the molecule is COCC(O)COc1ccc2c(c1)OC(C(=O)O)C2. The molecule has 6 nitrogen and oxygen atoms in total. The van der Waals surface area contributed by atoms with Gasteiger partial charge in [0.25, 0.3) is 0 Å². The molecule has 1 aromatic carbocycles. The summed E-state index contributed by atoms with van der Waals surface area (Å²) in [5.41, 5.74) is 0.845. The molecule has 2 N–H and O–H groups in total. The fourth-order valence-electron chi connectivity index (χ4n) is 1.87. The van der Waals surface area contributed by atoms with Gasteiger partial charge in [-0.25, -0.2) is 4.79 Å². The second-order valence-corrected chi connectivity index (χ2v) is 4.34. The van der Waals surface area contributed by atoms with Crippen molar-refractivity contribution in [2.75, 3.05) is 20.3 Å². The third-order valence-corrected chi connectivity index (χ3v) is 2.79. The summed E-state index contributed by atoms with van der Waals surface area (Å²) in [5.74, 6) is 0.0697. The van der Waals surface area contributed by atoms with Crippen molar-refractivity contribution in [3.05, 3.63) is 23.8 Å². The Balaban J connectivity index is 1.96. The summed E-state index contributed by atoms with van der Waals surface area (Å²) in [6, 6.07) is 5.14. The summed E-state index contributed by atoms with van der Waals surface area (Å²) >= 11 is 0. The van der Waals surface area contributed by atoms with E-state index in [0.717, 1.165) is 5.56 Å². The van der Waals surface area contributed by atoms with Crippen molar-refractivity contribution in [3.63, 3.8) is 0 Å². The number of carboxylic acids is 1. The zero-order valence-corrected chi connectivity index (χ0v) is 10.5. The lowest BCUT2D eigenvalue weighted by molar-refractivity contribution is -0.144. The van der Waals surface area contributed by atoms with E-state index in [-0.39, 0.29) is 13.2 Å². The van der Waals surface area contributed by atoms with Crippen LogP contribution >= 0.6 is 0 Å². The zero-order valence-electron chi connectivity index (χ0n) is 10.5. The Labute approximate surface area is 110 Å². The van der Waals surface area contributed by atoms with Gasteiger partial charge >= 0.3 is 5.97 Å². The normalized spacial score (nSPS) is 18.5. The summed E-state index contributed by atoms with van der Waals surface area (Å²) in [4.78, 5) is 10.8. The Morgan fingerprint density at radius 3 is 3.00 bits per heavy atom. The van der Waals surface area contributed by atoms with Gasteiger partial charge in [0.15, 0.2) is 6.10 Å². The number of hydrogen-bond donors (Lipinski definition) is 2. The number of carboxylic acid groups (broad SMARTS) is 1. The van der Waals surface area contributed by atoms with Crippen molar-refractivity contribution in [3.8, 4) is 11.5 Å². The number of aliphatic hydroxyl groups is 1. The highest BCUT2D eigenvalue weighted by Crippen LogP contribution is 2.32. The van der Waals surface area contributed by atoms with Gasteiger partial charge in [0.05, 0.1) is 6.61 Å². The number of benzene rings is 1. The van der Waals surface area contributed by atoms with Crippen molar-refractivity contribution in [2.24, 2.45) is 0 Å². The van der Waals surface area contributed by atoms with Gasteiger partial charge in [-0.05, 0) is 11.6 Å². The Kier molecular flexibility index (Phi) is 4.24. The second-order valence-electron chi connectivity index (χ2n) is 4.34. The van der Waals surface area contributed by atoms with E-state index < -0.39 is 18.2 Å². The number of aliphatic hydroxyl groups excluding tert-OH is 1. The fraction of sp³-hybridized carbons (Fsp3) is 0.462. The number of methoxy groups -OCH3 is 1. The molecule has 2 rings (SSSR count). The first kappa shape index (κ1) is 13.6. The highest BCUT2D eigenvalue weighted by molar-refractivity contribution is 5.74. The van der Waals surface area contributed by atoms with Crippen LogP contribution < -0.4 is 9.47 Å². The van der Waals surface area contributed by atoms with E-state index in [0.29, 0.717) is 17.9 Å². The highest BCUT2D eigenvalue weighted by Gasteiger charge is 2.28. The maximum absolute atomic E-state index is 10.8. The number of fused-ring (bicyclic) bond motifs is 1. The van der Waals surface area contributed by atoms with Crippen molar-refractivity contribution >= 4 is 5.97 Å². The van der Waals surface area contributed by atoms with Gasteiger partial charge in [-0.1, -0.05) is 6.07 Å². The minimum absolute atomic E-state index is 0.106. The van der Waals surface area contributed by atoms with Crippen LogP contribution in [-0.4, -0.2) is 48.7 Å². The summed E-state index contributed by atoms with van der Waals surface area (Å²) in [7, 11) is 1.50. The van der Waals surface area contributed by atoms with Crippen molar-refractivity contribution in [2.45, 2.75) is 18.6 Å². The number of hydrogen-bond acceptors (Lipinski definition) is 5. The van der Waals surface area contributed by atoms with Crippen LogP contribution in [-0.2, 0) is 16.0 Å². The monoisotopic (exact) mass is 268 g/mol. The topological polar surface area (TPSA) is 85.2 Å². The molecule has 0 spiro atoms. The van der Waals surface area contributed by atoms with Gasteiger partial charge in [-0.15, -0.1) is 0 Å². The van der Waals surface area contributed by atoms with Gasteiger partial charge < -0.3 is 24.4 Å². The second kappa shape index (κ2) is 5.90. The fourth-order valence-corrected chi connectivity index (χ4v) is 1.87. The first-order valence-electron chi connectivity index (χ1n) is 5.92. The summed E-state index contributed by atoms with van der Waals surface area (Å²) in [6.45, 7) is 0.303. The van der Waals surface area contributed by atoms with Crippen LogP contribution in [0.15, 0.2) is 18.2 Å². The first-order valence-corrected chi connectivity index (χ1v) is 5.92. The quantitative estimate of drug-likeness (QED) is 0.779. The molecule has 1 aromatic rings. The molecule has 19 heavy (non-hydrogen) atoms. The lowest BCUT2D eigenvalue weighted by atomic mass is 10.1. The van der Waals surface area contributed by atoms with E-state index in [2.05, 4.69) is 0 Å². The van der Waals surface area contributed by atoms with E-state index in [9.17, 15) is 9.90 Å². The molecule has 104 valence electrons. The number of ether oxygens (including phenoxy) is 3. The van der Waals surface area contributed by atoms with Gasteiger partial charge in [0.2, 0.25) is 0 Å².